The minimum Gasteiger partial charge on any atom is -0.353 e. The van der Waals surface area contributed by atoms with Crippen LogP contribution in [-0.4, -0.2) is 25.3 Å². The summed E-state index contributed by atoms with van der Waals surface area (Å²) < 4.78 is 12.2. The van der Waals surface area contributed by atoms with Crippen LogP contribution in [0.3, 0.4) is 0 Å². The number of hydrogen-bond donors (Lipinski definition) is 0. The Morgan fingerprint density at radius 1 is 1.11 bits per heavy atom. The molecule has 0 aromatic heterocycles. The predicted molar refractivity (Wildman–Crippen MR) is 105 cm³/mol. The van der Waals surface area contributed by atoms with Gasteiger partial charge in [0.2, 0.25) is 0 Å². The van der Waals surface area contributed by atoms with E-state index in [2.05, 4.69) is 13.0 Å². The average Bonchev–Trinajstić information content (AvgIpc) is 3.10. The lowest BCUT2D eigenvalue weighted by Crippen LogP contribution is -2.52. The van der Waals surface area contributed by atoms with Gasteiger partial charge in [0.15, 0.2) is 6.29 Å². The van der Waals surface area contributed by atoms with Gasteiger partial charge in [-0.25, -0.2) is 0 Å². The maximum atomic E-state index is 12.7. The average molecular weight is 373 g/mol. The summed E-state index contributed by atoms with van der Waals surface area (Å²) in [5, 5.41) is 0. The summed E-state index contributed by atoms with van der Waals surface area (Å²) in [5.41, 5.74) is 1.75. The standard InChI is InChI=1S/C24H36O3/c1-23-12-4-5-20(23)19-10-8-17-7-9-18(27-22-6-2-3-14-26-22)15-24(17,16-25)21(19)11-13-23/h7,16,18-22H,2-6,8-15H2,1H3/t18?,19?,20?,21?,22?,23-,24+/m0/s1. The van der Waals surface area contributed by atoms with Gasteiger partial charge in [0.1, 0.15) is 6.29 Å². The van der Waals surface area contributed by atoms with E-state index in [1.54, 1.807) is 0 Å². The van der Waals surface area contributed by atoms with E-state index in [0.717, 1.165) is 50.5 Å². The number of carbonyl (C=O) groups is 1. The van der Waals surface area contributed by atoms with Crippen LogP contribution < -0.4 is 0 Å². The van der Waals surface area contributed by atoms with Gasteiger partial charge in [-0.05, 0) is 93.8 Å². The summed E-state index contributed by atoms with van der Waals surface area (Å²) in [6.07, 6.45) is 18.2. The van der Waals surface area contributed by atoms with Crippen molar-refractivity contribution in [3.63, 3.8) is 0 Å². The molecule has 27 heavy (non-hydrogen) atoms. The number of allylic oxidation sites excluding steroid dienone is 1. The third-order valence-corrected chi connectivity index (χ3v) is 9.11. The van der Waals surface area contributed by atoms with E-state index in [4.69, 9.17) is 9.47 Å². The number of fused-ring (bicyclic) bond motifs is 5. The summed E-state index contributed by atoms with van der Waals surface area (Å²) in [4.78, 5) is 12.7. The molecule has 0 aromatic carbocycles. The van der Waals surface area contributed by atoms with Crippen molar-refractivity contribution in [2.45, 2.75) is 96.4 Å². The minimum atomic E-state index is -0.246. The van der Waals surface area contributed by atoms with E-state index in [1.807, 2.05) is 0 Å². The molecular formula is C24H36O3. The van der Waals surface area contributed by atoms with Crippen molar-refractivity contribution < 1.29 is 14.3 Å². The maximum absolute atomic E-state index is 12.7. The van der Waals surface area contributed by atoms with E-state index < -0.39 is 0 Å². The molecule has 5 rings (SSSR count). The second-order valence-corrected chi connectivity index (χ2v) is 10.4. The van der Waals surface area contributed by atoms with Crippen molar-refractivity contribution in [2.24, 2.45) is 28.6 Å². The summed E-state index contributed by atoms with van der Waals surface area (Å²) in [7, 11) is 0. The summed E-state index contributed by atoms with van der Waals surface area (Å²) in [5.74, 6) is 2.14. The molecule has 0 aromatic rings. The van der Waals surface area contributed by atoms with Gasteiger partial charge in [-0.1, -0.05) is 25.0 Å². The first-order chi connectivity index (χ1) is 13.1. The topological polar surface area (TPSA) is 35.5 Å². The number of carbonyl (C=O) groups excluding carboxylic acids is 1. The molecule has 0 bridgehead atoms. The Balaban J connectivity index is 1.38. The van der Waals surface area contributed by atoms with Crippen LogP contribution in [0, 0.1) is 28.6 Å². The summed E-state index contributed by atoms with van der Waals surface area (Å²) in [6, 6.07) is 0. The second-order valence-electron chi connectivity index (χ2n) is 10.4. The first kappa shape index (κ1) is 18.4. The quantitative estimate of drug-likeness (QED) is 0.489. The Morgan fingerprint density at radius 2 is 2.04 bits per heavy atom. The largest absolute Gasteiger partial charge is 0.353 e. The van der Waals surface area contributed by atoms with Crippen LogP contribution in [0.2, 0.25) is 0 Å². The highest BCUT2D eigenvalue weighted by molar-refractivity contribution is 5.67. The van der Waals surface area contributed by atoms with E-state index in [0.29, 0.717) is 11.3 Å². The third-order valence-electron chi connectivity index (χ3n) is 9.11. The van der Waals surface area contributed by atoms with Crippen LogP contribution in [0.5, 0.6) is 0 Å². The molecule has 5 unspecified atom stereocenters. The predicted octanol–water partition coefficient (Wildman–Crippen LogP) is 5.43. The Bertz CT molecular complexity index is 607. The van der Waals surface area contributed by atoms with Gasteiger partial charge in [-0.3, -0.25) is 0 Å². The van der Waals surface area contributed by atoms with Gasteiger partial charge in [0.05, 0.1) is 11.5 Å². The molecule has 1 saturated heterocycles. The lowest BCUT2D eigenvalue weighted by Gasteiger charge is -2.57. The highest BCUT2D eigenvalue weighted by atomic mass is 16.7. The fourth-order valence-electron chi connectivity index (χ4n) is 7.77. The fourth-order valence-corrected chi connectivity index (χ4v) is 7.77. The van der Waals surface area contributed by atoms with Gasteiger partial charge in [0, 0.05) is 6.61 Å². The second kappa shape index (κ2) is 6.99. The highest BCUT2D eigenvalue weighted by Crippen LogP contribution is 2.65. The molecule has 7 atom stereocenters. The number of hydrogen-bond acceptors (Lipinski definition) is 3. The zero-order valence-electron chi connectivity index (χ0n) is 17.0. The molecule has 4 aliphatic carbocycles. The van der Waals surface area contributed by atoms with E-state index in [9.17, 15) is 4.79 Å². The lowest BCUT2D eigenvalue weighted by molar-refractivity contribution is -0.198. The first-order valence-electron chi connectivity index (χ1n) is 11.6. The molecule has 1 heterocycles. The number of rotatable bonds is 3. The molecule has 3 heteroatoms. The number of aldehydes is 1. The van der Waals surface area contributed by atoms with Crippen LogP contribution in [0.25, 0.3) is 0 Å². The SMILES string of the molecule is C[C@@]12CCCC1C1CCC3=CCC(OC4CCCCO4)C[C@]3(C=O)C1CC2. The maximum Gasteiger partial charge on any atom is 0.157 e. The molecule has 0 radical (unpaired) electrons. The molecular weight excluding hydrogens is 336 g/mol. The summed E-state index contributed by atoms with van der Waals surface area (Å²) >= 11 is 0. The van der Waals surface area contributed by atoms with E-state index in [-0.39, 0.29) is 17.8 Å². The van der Waals surface area contributed by atoms with Gasteiger partial charge in [-0.15, -0.1) is 0 Å². The molecule has 150 valence electrons. The van der Waals surface area contributed by atoms with E-state index >= 15 is 0 Å². The molecule has 0 spiro atoms. The Kier molecular flexibility index (Phi) is 4.75. The van der Waals surface area contributed by atoms with Crippen molar-refractivity contribution >= 4 is 6.29 Å². The highest BCUT2D eigenvalue weighted by Gasteiger charge is 2.58. The monoisotopic (exact) mass is 372 g/mol. The van der Waals surface area contributed by atoms with Crippen molar-refractivity contribution in [1.29, 1.82) is 0 Å². The van der Waals surface area contributed by atoms with Crippen LogP contribution in [0.15, 0.2) is 11.6 Å². The molecule has 3 nitrogen and oxygen atoms in total. The van der Waals surface area contributed by atoms with Crippen molar-refractivity contribution in [3.05, 3.63) is 11.6 Å². The van der Waals surface area contributed by atoms with Crippen molar-refractivity contribution in [1.82, 2.24) is 0 Å². The van der Waals surface area contributed by atoms with E-state index in [1.165, 1.54) is 56.8 Å². The van der Waals surface area contributed by atoms with Crippen LogP contribution >= 0.6 is 0 Å². The van der Waals surface area contributed by atoms with Gasteiger partial charge >= 0.3 is 0 Å². The molecule has 1 aliphatic heterocycles. The third kappa shape index (κ3) is 2.95. The molecule has 0 amide bonds. The van der Waals surface area contributed by atoms with Gasteiger partial charge < -0.3 is 14.3 Å². The number of ether oxygens (including phenoxy) is 2. The molecule has 0 N–H and O–H groups in total. The van der Waals surface area contributed by atoms with Crippen molar-refractivity contribution in [3.8, 4) is 0 Å². The molecule has 4 fully saturated rings. The van der Waals surface area contributed by atoms with Gasteiger partial charge in [0.25, 0.3) is 0 Å². The zero-order chi connectivity index (χ0) is 18.5. The van der Waals surface area contributed by atoms with Crippen molar-refractivity contribution in [2.75, 3.05) is 6.61 Å². The molecule has 3 saturated carbocycles. The van der Waals surface area contributed by atoms with Gasteiger partial charge in [-0.2, -0.15) is 0 Å². The normalized spacial score (nSPS) is 49.5. The Hall–Kier alpha value is -0.670. The smallest absolute Gasteiger partial charge is 0.157 e. The fraction of sp³-hybridized carbons (Fsp3) is 0.875. The molecule has 5 aliphatic rings. The zero-order valence-corrected chi connectivity index (χ0v) is 17.0. The Morgan fingerprint density at radius 3 is 2.85 bits per heavy atom. The first-order valence-corrected chi connectivity index (χ1v) is 11.6. The summed E-state index contributed by atoms with van der Waals surface area (Å²) in [6.45, 7) is 3.36. The Labute approximate surface area is 164 Å². The van der Waals surface area contributed by atoms with Crippen LogP contribution in [-0.2, 0) is 14.3 Å². The lowest BCUT2D eigenvalue weighted by atomic mass is 9.47. The van der Waals surface area contributed by atoms with Crippen LogP contribution in [0.4, 0.5) is 0 Å². The minimum absolute atomic E-state index is 0.0498. The van der Waals surface area contributed by atoms with Crippen LogP contribution in [0.1, 0.15) is 84.0 Å².